The van der Waals surface area contributed by atoms with Gasteiger partial charge in [-0.3, -0.25) is 4.79 Å². The molecule has 32 heavy (non-hydrogen) atoms. The molecule has 0 spiro atoms. The van der Waals surface area contributed by atoms with E-state index in [9.17, 15) is 4.79 Å². The normalized spacial score (nSPS) is 10.8. The number of carbonyl (C=O) groups excluding carboxylic acids is 1. The molecule has 0 bridgehead atoms. The number of aryl methyl sites for hydroxylation is 1. The van der Waals surface area contributed by atoms with Crippen LogP contribution >= 0.6 is 23.2 Å². The molecule has 0 heterocycles. The lowest BCUT2D eigenvalue weighted by atomic mass is 10.1. The number of methoxy groups -OCH3 is 2. The molecule has 0 aliphatic heterocycles. The van der Waals surface area contributed by atoms with Gasteiger partial charge in [-0.25, -0.2) is 5.43 Å². The second kappa shape index (κ2) is 10.9. The van der Waals surface area contributed by atoms with Crippen molar-refractivity contribution in [2.45, 2.75) is 13.5 Å². The molecule has 1 amide bonds. The molecule has 0 atom stereocenters. The Bertz CT molecular complexity index is 1150. The van der Waals surface area contributed by atoms with Crippen LogP contribution in [0.4, 0.5) is 0 Å². The van der Waals surface area contributed by atoms with Crippen LogP contribution in [0.2, 0.25) is 10.0 Å². The highest BCUT2D eigenvalue weighted by molar-refractivity contribution is 6.32. The van der Waals surface area contributed by atoms with E-state index in [1.807, 2.05) is 31.2 Å². The maximum Gasteiger partial charge on any atom is 0.275 e. The zero-order valence-corrected chi connectivity index (χ0v) is 19.3. The van der Waals surface area contributed by atoms with Gasteiger partial charge in [-0.1, -0.05) is 47.5 Å². The molecule has 0 fully saturated rings. The zero-order chi connectivity index (χ0) is 23.1. The molecule has 166 valence electrons. The van der Waals surface area contributed by atoms with Crippen LogP contribution in [0.1, 0.15) is 27.0 Å². The summed E-state index contributed by atoms with van der Waals surface area (Å²) in [6, 6.07) is 16.0. The molecule has 3 aromatic carbocycles. The molecular formula is C24H22Cl2N2O4. The van der Waals surface area contributed by atoms with Crippen molar-refractivity contribution >= 4 is 35.3 Å². The van der Waals surface area contributed by atoms with Crippen LogP contribution in [-0.2, 0) is 6.61 Å². The van der Waals surface area contributed by atoms with Gasteiger partial charge in [-0.05, 0) is 48.4 Å². The van der Waals surface area contributed by atoms with Crippen LogP contribution in [0.15, 0.2) is 59.7 Å². The standard InChI is InChI=1S/C24H22Cl2N2O4/c1-15-8-9-18(21(10-15)30-2)24(29)28-27-13-16-11-20(26)23(22(12-16)31-3)32-14-17-6-4-5-7-19(17)25/h4-13H,14H2,1-3H3,(H,28,29)/b27-13+. The van der Waals surface area contributed by atoms with E-state index in [1.165, 1.54) is 20.4 Å². The molecule has 0 aliphatic carbocycles. The smallest absolute Gasteiger partial charge is 0.275 e. The molecule has 0 radical (unpaired) electrons. The van der Waals surface area contributed by atoms with Crippen molar-refractivity contribution in [3.63, 3.8) is 0 Å². The number of halogens is 2. The van der Waals surface area contributed by atoms with Gasteiger partial charge in [-0.15, -0.1) is 0 Å². The quantitative estimate of drug-likeness (QED) is 0.339. The number of ether oxygens (including phenoxy) is 3. The summed E-state index contributed by atoms with van der Waals surface area (Å²) in [5.74, 6) is 0.899. The average molecular weight is 473 g/mol. The number of carbonyl (C=O) groups is 1. The molecule has 8 heteroatoms. The van der Waals surface area contributed by atoms with Gasteiger partial charge in [0.2, 0.25) is 0 Å². The molecule has 0 saturated carbocycles. The van der Waals surface area contributed by atoms with Crippen molar-refractivity contribution < 1.29 is 19.0 Å². The Morgan fingerprint density at radius 1 is 1.00 bits per heavy atom. The van der Waals surface area contributed by atoms with Gasteiger partial charge >= 0.3 is 0 Å². The first-order valence-corrected chi connectivity index (χ1v) is 10.4. The number of hydrogen-bond donors (Lipinski definition) is 1. The molecule has 0 aromatic heterocycles. The summed E-state index contributed by atoms with van der Waals surface area (Å²) in [7, 11) is 3.03. The Hall–Kier alpha value is -3.22. The maximum absolute atomic E-state index is 12.4. The zero-order valence-electron chi connectivity index (χ0n) is 17.8. The lowest BCUT2D eigenvalue weighted by Gasteiger charge is -2.14. The molecule has 3 aromatic rings. The summed E-state index contributed by atoms with van der Waals surface area (Å²) >= 11 is 12.6. The van der Waals surface area contributed by atoms with E-state index in [0.29, 0.717) is 38.4 Å². The van der Waals surface area contributed by atoms with E-state index in [1.54, 1.807) is 30.3 Å². The Morgan fingerprint density at radius 3 is 2.47 bits per heavy atom. The van der Waals surface area contributed by atoms with E-state index in [2.05, 4.69) is 10.5 Å². The highest BCUT2D eigenvalue weighted by atomic mass is 35.5. The number of nitrogens with zero attached hydrogens (tertiary/aromatic N) is 1. The van der Waals surface area contributed by atoms with Gasteiger partial charge in [0, 0.05) is 10.6 Å². The first kappa shape index (κ1) is 23.4. The maximum atomic E-state index is 12.4. The van der Waals surface area contributed by atoms with Gasteiger partial charge < -0.3 is 14.2 Å². The lowest BCUT2D eigenvalue weighted by molar-refractivity contribution is 0.0952. The van der Waals surface area contributed by atoms with Crippen LogP contribution in [0.25, 0.3) is 0 Å². The number of rotatable bonds is 8. The number of amides is 1. The van der Waals surface area contributed by atoms with Crippen molar-refractivity contribution in [1.29, 1.82) is 0 Å². The fourth-order valence-electron chi connectivity index (χ4n) is 2.93. The number of nitrogens with one attached hydrogen (secondary N) is 1. The van der Waals surface area contributed by atoms with Crippen LogP contribution in [-0.4, -0.2) is 26.3 Å². The fourth-order valence-corrected chi connectivity index (χ4v) is 3.40. The Kier molecular flexibility index (Phi) is 7.98. The molecule has 1 N–H and O–H groups in total. The first-order valence-electron chi connectivity index (χ1n) is 9.64. The van der Waals surface area contributed by atoms with Gasteiger partial charge in [0.15, 0.2) is 11.5 Å². The predicted molar refractivity (Wildman–Crippen MR) is 127 cm³/mol. The van der Waals surface area contributed by atoms with Crippen molar-refractivity contribution in [1.82, 2.24) is 5.43 Å². The minimum absolute atomic E-state index is 0.234. The number of benzene rings is 3. The summed E-state index contributed by atoms with van der Waals surface area (Å²) in [5, 5.41) is 4.96. The minimum Gasteiger partial charge on any atom is -0.496 e. The topological polar surface area (TPSA) is 69.2 Å². The SMILES string of the molecule is COc1cc(C)ccc1C(=O)N/N=C/c1cc(Cl)c(OCc2ccccc2Cl)c(OC)c1. The van der Waals surface area contributed by atoms with Gasteiger partial charge in [0.25, 0.3) is 5.91 Å². The molecular weight excluding hydrogens is 451 g/mol. The van der Waals surface area contributed by atoms with Crippen LogP contribution in [0.3, 0.4) is 0 Å². The molecule has 0 aliphatic rings. The highest BCUT2D eigenvalue weighted by Crippen LogP contribution is 2.37. The number of hydrazone groups is 1. The molecule has 0 unspecified atom stereocenters. The van der Waals surface area contributed by atoms with Crippen molar-refractivity contribution in [2.75, 3.05) is 14.2 Å². The fraction of sp³-hybridized carbons (Fsp3) is 0.167. The van der Waals surface area contributed by atoms with Crippen LogP contribution < -0.4 is 19.6 Å². The Labute approximate surface area is 196 Å². The average Bonchev–Trinajstić information content (AvgIpc) is 2.78. The van der Waals surface area contributed by atoms with Gasteiger partial charge in [0.1, 0.15) is 12.4 Å². The number of hydrogen-bond acceptors (Lipinski definition) is 5. The summed E-state index contributed by atoms with van der Waals surface area (Å²) in [4.78, 5) is 12.4. The third kappa shape index (κ3) is 5.72. The minimum atomic E-state index is -0.393. The summed E-state index contributed by atoms with van der Waals surface area (Å²) in [5.41, 5.74) is 5.30. The van der Waals surface area contributed by atoms with E-state index < -0.39 is 5.91 Å². The Balaban J connectivity index is 1.72. The predicted octanol–water partition coefficient (Wildman–Crippen LogP) is 5.66. The second-order valence-electron chi connectivity index (χ2n) is 6.82. The molecule has 6 nitrogen and oxygen atoms in total. The lowest BCUT2D eigenvalue weighted by Crippen LogP contribution is -2.18. The third-order valence-electron chi connectivity index (χ3n) is 4.56. The monoisotopic (exact) mass is 472 g/mol. The van der Waals surface area contributed by atoms with Gasteiger partial charge in [-0.2, -0.15) is 5.10 Å². The van der Waals surface area contributed by atoms with Crippen molar-refractivity contribution in [2.24, 2.45) is 5.10 Å². The molecule has 0 saturated heterocycles. The third-order valence-corrected chi connectivity index (χ3v) is 5.21. The largest absolute Gasteiger partial charge is 0.496 e. The second-order valence-corrected chi connectivity index (χ2v) is 7.63. The summed E-state index contributed by atoms with van der Waals surface area (Å²) in [6.07, 6.45) is 1.46. The van der Waals surface area contributed by atoms with Crippen LogP contribution in [0, 0.1) is 6.92 Å². The Morgan fingerprint density at radius 2 is 1.75 bits per heavy atom. The molecule has 3 rings (SSSR count). The van der Waals surface area contributed by atoms with E-state index in [0.717, 1.165) is 11.1 Å². The van der Waals surface area contributed by atoms with Crippen molar-refractivity contribution in [3.05, 3.63) is 86.9 Å². The van der Waals surface area contributed by atoms with Crippen molar-refractivity contribution in [3.8, 4) is 17.2 Å². The van der Waals surface area contributed by atoms with Gasteiger partial charge in [0.05, 0.1) is 31.0 Å². The van der Waals surface area contributed by atoms with E-state index in [4.69, 9.17) is 37.4 Å². The summed E-state index contributed by atoms with van der Waals surface area (Å²) < 4.78 is 16.5. The van der Waals surface area contributed by atoms with E-state index >= 15 is 0 Å². The highest BCUT2D eigenvalue weighted by Gasteiger charge is 2.14. The summed E-state index contributed by atoms with van der Waals surface area (Å²) in [6.45, 7) is 2.15. The van der Waals surface area contributed by atoms with E-state index in [-0.39, 0.29) is 6.61 Å². The first-order chi connectivity index (χ1) is 15.4. The van der Waals surface area contributed by atoms with Crippen LogP contribution in [0.5, 0.6) is 17.2 Å².